The molecule has 1 aliphatic heterocycles. The van der Waals surface area contributed by atoms with Crippen LogP contribution in [-0.4, -0.2) is 23.7 Å². The minimum Gasteiger partial charge on any atom is -0.466 e. The molecule has 0 aromatic heterocycles. The number of ether oxygens (including phenoxy) is 1. The van der Waals surface area contributed by atoms with E-state index in [0.29, 0.717) is 15.9 Å². The maximum atomic E-state index is 10.1. The molecule has 1 aliphatic rings. The molecule has 0 saturated carbocycles. The lowest BCUT2D eigenvalue weighted by atomic mass is 10.0. The Bertz CT molecular complexity index is 673. The topological polar surface area (TPSA) is 41.8 Å². The first kappa shape index (κ1) is 14.4. The minimum absolute atomic E-state index is 0.287. The summed E-state index contributed by atoms with van der Waals surface area (Å²) in [6.07, 6.45) is -1.10. The molecule has 0 spiro atoms. The van der Waals surface area contributed by atoms with Crippen LogP contribution in [0.1, 0.15) is 17.2 Å². The van der Waals surface area contributed by atoms with Gasteiger partial charge >= 0.3 is 0 Å². The first-order valence-corrected chi connectivity index (χ1v) is 7.30. The summed E-state index contributed by atoms with van der Waals surface area (Å²) in [6.45, 7) is 0.287. The summed E-state index contributed by atoms with van der Waals surface area (Å²) in [5, 5.41) is 11.0. The second-order valence-corrected chi connectivity index (χ2v) is 5.61. The summed E-state index contributed by atoms with van der Waals surface area (Å²) in [5.41, 5.74) is 1.66. The lowest BCUT2D eigenvalue weighted by Crippen LogP contribution is -2.31. The van der Waals surface area contributed by atoms with Crippen molar-refractivity contribution in [2.45, 2.75) is 12.2 Å². The second kappa shape index (κ2) is 6.06. The van der Waals surface area contributed by atoms with Crippen molar-refractivity contribution in [1.29, 1.82) is 0 Å². The predicted molar refractivity (Wildman–Crippen MR) is 84.1 cm³/mol. The fraction of sp³-hybridized carbons (Fsp3) is 0.188. The van der Waals surface area contributed by atoms with Gasteiger partial charge in [0, 0.05) is 5.56 Å². The molecule has 5 heteroatoms. The van der Waals surface area contributed by atoms with Gasteiger partial charge in [-0.25, -0.2) is 4.99 Å². The van der Waals surface area contributed by atoms with Crippen molar-refractivity contribution < 1.29 is 9.84 Å². The van der Waals surface area contributed by atoms with Gasteiger partial charge in [-0.05, 0) is 23.8 Å². The van der Waals surface area contributed by atoms with Crippen LogP contribution in [0.5, 0.6) is 0 Å². The number of aliphatic imine (C=N–C) groups is 1. The number of hydrogen-bond donors (Lipinski definition) is 1. The predicted octanol–water partition coefficient (Wildman–Crippen LogP) is 3.87. The number of rotatable bonds is 2. The molecule has 0 radical (unpaired) electrons. The molecule has 2 atom stereocenters. The van der Waals surface area contributed by atoms with Crippen LogP contribution in [0.2, 0.25) is 10.0 Å². The van der Waals surface area contributed by atoms with E-state index in [0.717, 1.165) is 11.1 Å². The minimum atomic E-state index is -0.668. The Labute approximate surface area is 132 Å². The van der Waals surface area contributed by atoms with Gasteiger partial charge < -0.3 is 9.84 Å². The Hall–Kier alpha value is -1.55. The molecule has 2 unspecified atom stereocenters. The van der Waals surface area contributed by atoms with Crippen LogP contribution in [0.3, 0.4) is 0 Å². The van der Waals surface area contributed by atoms with Gasteiger partial charge in [0.15, 0.2) is 6.10 Å². The first-order valence-electron chi connectivity index (χ1n) is 6.54. The highest BCUT2D eigenvalue weighted by atomic mass is 35.5. The van der Waals surface area contributed by atoms with Crippen molar-refractivity contribution in [3.8, 4) is 0 Å². The summed E-state index contributed by atoms with van der Waals surface area (Å²) in [4.78, 5) is 4.27. The van der Waals surface area contributed by atoms with E-state index >= 15 is 0 Å². The van der Waals surface area contributed by atoms with E-state index in [4.69, 9.17) is 27.9 Å². The van der Waals surface area contributed by atoms with Crippen LogP contribution < -0.4 is 0 Å². The van der Waals surface area contributed by atoms with Crippen molar-refractivity contribution in [2.24, 2.45) is 4.99 Å². The van der Waals surface area contributed by atoms with Crippen LogP contribution in [0, 0.1) is 0 Å². The van der Waals surface area contributed by atoms with E-state index in [9.17, 15) is 5.11 Å². The Kier molecular flexibility index (Phi) is 4.15. The smallest absolute Gasteiger partial charge is 0.216 e. The van der Waals surface area contributed by atoms with Crippen molar-refractivity contribution in [2.75, 3.05) is 6.54 Å². The zero-order chi connectivity index (χ0) is 14.8. The molecule has 0 bridgehead atoms. The molecule has 21 heavy (non-hydrogen) atoms. The first-order chi connectivity index (χ1) is 10.1. The summed E-state index contributed by atoms with van der Waals surface area (Å²) in [7, 11) is 0. The summed E-state index contributed by atoms with van der Waals surface area (Å²) < 4.78 is 5.86. The van der Waals surface area contributed by atoms with Crippen molar-refractivity contribution in [3.05, 3.63) is 69.7 Å². The van der Waals surface area contributed by atoms with Gasteiger partial charge in [0.1, 0.15) is 6.10 Å². The van der Waals surface area contributed by atoms with E-state index < -0.39 is 12.2 Å². The van der Waals surface area contributed by atoms with E-state index in [1.807, 2.05) is 30.3 Å². The molecular weight excluding hydrogens is 309 g/mol. The van der Waals surface area contributed by atoms with E-state index in [-0.39, 0.29) is 6.54 Å². The lowest BCUT2D eigenvalue weighted by Gasteiger charge is -2.28. The van der Waals surface area contributed by atoms with Crippen molar-refractivity contribution in [3.63, 3.8) is 0 Å². The molecule has 108 valence electrons. The molecule has 1 heterocycles. The van der Waals surface area contributed by atoms with Gasteiger partial charge in [-0.1, -0.05) is 53.5 Å². The summed E-state index contributed by atoms with van der Waals surface area (Å²) in [5.74, 6) is 0.465. The van der Waals surface area contributed by atoms with Crippen molar-refractivity contribution in [1.82, 2.24) is 0 Å². The summed E-state index contributed by atoms with van der Waals surface area (Å²) in [6, 6.07) is 14.8. The Morgan fingerprint density at radius 2 is 1.81 bits per heavy atom. The van der Waals surface area contributed by atoms with Crippen LogP contribution in [-0.2, 0) is 4.74 Å². The molecule has 0 fully saturated rings. The monoisotopic (exact) mass is 321 g/mol. The van der Waals surface area contributed by atoms with Crippen LogP contribution >= 0.6 is 23.2 Å². The summed E-state index contributed by atoms with van der Waals surface area (Å²) >= 11 is 11.9. The standard InChI is InChI=1S/C16H13Cl2NO2/c17-12-7-6-11(8-13(12)18)16-19-9-14(20)15(21-16)10-4-2-1-3-5-10/h1-8,14-15,20H,9H2. The fourth-order valence-corrected chi connectivity index (χ4v) is 2.53. The molecule has 3 rings (SSSR count). The third-order valence-electron chi connectivity index (χ3n) is 3.30. The maximum absolute atomic E-state index is 10.1. The van der Waals surface area contributed by atoms with Gasteiger partial charge in [-0.2, -0.15) is 0 Å². The average molecular weight is 322 g/mol. The van der Waals surface area contributed by atoms with E-state index in [1.165, 1.54) is 0 Å². The molecule has 0 saturated heterocycles. The Morgan fingerprint density at radius 1 is 1.05 bits per heavy atom. The highest BCUT2D eigenvalue weighted by Gasteiger charge is 2.28. The molecule has 0 amide bonds. The van der Waals surface area contributed by atoms with Crippen LogP contribution in [0.4, 0.5) is 0 Å². The number of halogens is 2. The van der Waals surface area contributed by atoms with E-state index in [1.54, 1.807) is 18.2 Å². The highest BCUT2D eigenvalue weighted by Crippen LogP contribution is 2.29. The van der Waals surface area contributed by atoms with Crippen LogP contribution in [0.15, 0.2) is 53.5 Å². The quantitative estimate of drug-likeness (QED) is 0.912. The zero-order valence-corrected chi connectivity index (χ0v) is 12.6. The molecule has 2 aromatic carbocycles. The van der Waals surface area contributed by atoms with Crippen LogP contribution in [0.25, 0.3) is 0 Å². The van der Waals surface area contributed by atoms with Gasteiger partial charge in [0.2, 0.25) is 5.90 Å². The third-order valence-corrected chi connectivity index (χ3v) is 4.04. The molecule has 0 aliphatic carbocycles. The largest absolute Gasteiger partial charge is 0.466 e. The van der Waals surface area contributed by atoms with Gasteiger partial charge in [-0.3, -0.25) is 0 Å². The number of aliphatic hydroxyl groups is 1. The van der Waals surface area contributed by atoms with E-state index in [2.05, 4.69) is 4.99 Å². The highest BCUT2D eigenvalue weighted by molar-refractivity contribution is 6.42. The number of aliphatic hydroxyl groups excluding tert-OH is 1. The normalized spacial score (nSPS) is 21.6. The molecular formula is C16H13Cl2NO2. The third kappa shape index (κ3) is 3.05. The number of nitrogens with zero attached hydrogens (tertiary/aromatic N) is 1. The van der Waals surface area contributed by atoms with Gasteiger partial charge in [0.05, 0.1) is 16.6 Å². The lowest BCUT2D eigenvalue weighted by molar-refractivity contribution is 0.0217. The number of benzene rings is 2. The Morgan fingerprint density at radius 3 is 2.52 bits per heavy atom. The number of hydrogen-bond acceptors (Lipinski definition) is 3. The fourth-order valence-electron chi connectivity index (χ4n) is 2.23. The molecule has 3 nitrogen and oxygen atoms in total. The maximum Gasteiger partial charge on any atom is 0.216 e. The second-order valence-electron chi connectivity index (χ2n) is 4.79. The molecule has 1 N–H and O–H groups in total. The zero-order valence-electron chi connectivity index (χ0n) is 11.0. The van der Waals surface area contributed by atoms with Gasteiger partial charge in [0.25, 0.3) is 0 Å². The molecule has 2 aromatic rings. The average Bonchev–Trinajstić information content (AvgIpc) is 2.51. The van der Waals surface area contributed by atoms with Gasteiger partial charge in [-0.15, -0.1) is 0 Å². The van der Waals surface area contributed by atoms with Crippen molar-refractivity contribution >= 4 is 29.1 Å². The Balaban J connectivity index is 1.89. The SMILES string of the molecule is OC1CN=C(c2ccc(Cl)c(Cl)c2)OC1c1ccccc1.